The van der Waals surface area contributed by atoms with Gasteiger partial charge in [0.25, 0.3) is 5.91 Å². The lowest BCUT2D eigenvalue weighted by Crippen LogP contribution is -2.53. The molecule has 1 unspecified atom stereocenters. The third-order valence-electron chi connectivity index (χ3n) is 6.83. The van der Waals surface area contributed by atoms with E-state index in [2.05, 4.69) is 39.4 Å². The predicted octanol–water partition coefficient (Wildman–Crippen LogP) is 2.25. The molecule has 2 heterocycles. The number of rotatable bonds is 4. The first kappa shape index (κ1) is 19.9. The molecule has 2 saturated heterocycles. The van der Waals surface area contributed by atoms with Crippen LogP contribution in [0.3, 0.4) is 0 Å². The third-order valence-corrected chi connectivity index (χ3v) is 6.83. The van der Waals surface area contributed by atoms with Crippen LogP contribution in [0.25, 0.3) is 0 Å². The number of ether oxygens (including phenoxy) is 1. The number of carbonyl (C=O) groups is 2. The van der Waals surface area contributed by atoms with Gasteiger partial charge in [0.2, 0.25) is 0 Å². The van der Waals surface area contributed by atoms with Gasteiger partial charge in [0.1, 0.15) is 11.3 Å². The second-order valence-corrected chi connectivity index (χ2v) is 8.64. The average Bonchev–Trinajstić information content (AvgIpc) is 3.03. The Morgan fingerprint density at radius 1 is 0.968 bits per heavy atom. The van der Waals surface area contributed by atoms with Crippen LogP contribution in [0.5, 0.6) is 5.75 Å². The summed E-state index contributed by atoms with van der Waals surface area (Å²) >= 11 is 0. The normalized spacial score (nSPS) is 23.8. The summed E-state index contributed by atoms with van der Waals surface area (Å²) in [6.45, 7) is 3.67. The quantitative estimate of drug-likeness (QED) is 0.769. The average molecular weight is 421 g/mol. The maximum atomic E-state index is 13.3. The minimum Gasteiger partial charge on any atom is -0.497 e. The van der Waals surface area contributed by atoms with Crippen LogP contribution in [-0.4, -0.2) is 67.2 Å². The summed E-state index contributed by atoms with van der Waals surface area (Å²) in [5, 5.41) is 3.03. The van der Waals surface area contributed by atoms with Crippen LogP contribution < -0.4 is 15.0 Å². The largest absolute Gasteiger partial charge is 0.497 e. The van der Waals surface area contributed by atoms with Crippen LogP contribution in [0.15, 0.2) is 48.5 Å². The molecule has 162 valence electrons. The van der Waals surface area contributed by atoms with E-state index in [9.17, 15) is 9.59 Å². The maximum Gasteiger partial charge on any atom is 0.326 e. The number of aryl methyl sites for hydroxylation is 1. The smallest absolute Gasteiger partial charge is 0.326 e. The Morgan fingerprint density at radius 3 is 2.39 bits per heavy atom. The molecule has 1 N–H and O–H groups in total. The number of carbonyl (C=O) groups excluding carboxylic acids is 2. The number of urea groups is 1. The third kappa shape index (κ3) is 3.63. The number of amides is 3. The first-order valence-corrected chi connectivity index (χ1v) is 10.9. The molecular weight excluding hydrogens is 392 g/mol. The van der Waals surface area contributed by atoms with Gasteiger partial charge in [-0.2, -0.15) is 0 Å². The zero-order valence-corrected chi connectivity index (χ0v) is 17.8. The number of hydrogen-bond donors (Lipinski definition) is 1. The topological polar surface area (TPSA) is 65.1 Å². The first-order valence-electron chi connectivity index (χ1n) is 10.9. The van der Waals surface area contributed by atoms with Crippen molar-refractivity contribution in [3.8, 4) is 5.75 Å². The van der Waals surface area contributed by atoms with Gasteiger partial charge in [-0.3, -0.25) is 9.69 Å². The molecule has 7 heteroatoms. The van der Waals surface area contributed by atoms with Gasteiger partial charge in [0, 0.05) is 38.3 Å². The van der Waals surface area contributed by atoms with E-state index in [0.29, 0.717) is 19.5 Å². The fourth-order valence-electron chi connectivity index (χ4n) is 4.97. The fraction of sp³-hybridized carbons (Fsp3) is 0.417. The lowest BCUT2D eigenvalue weighted by molar-refractivity contribution is -0.133. The van der Waals surface area contributed by atoms with Gasteiger partial charge in [-0.25, -0.2) is 9.69 Å². The molecular formula is C24H28N4O3. The van der Waals surface area contributed by atoms with E-state index in [4.69, 9.17) is 4.74 Å². The van der Waals surface area contributed by atoms with E-state index in [-0.39, 0.29) is 11.9 Å². The van der Waals surface area contributed by atoms with Gasteiger partial charge in [-0.1, -0.05) is 24.3 Å². The van der Waals surface area contributed by atoms with E-state index < -0.39 is 5.54 Å². The molecule has 2 fully saturated rings. The molecule has 0 saturated carbocycles. The summed E-state index contributed by atoms with van der Waals surface area (Å²) in [7, 11) is 1.67. The van der Waals surface area contributed by atoms with Crippen molar-refractivity contribution < 1.29 is 14.3 Å². The molecule has 1 atom stereocenters. The van der Waals surface area contributed by atoms with Crippen molar-refractivity contribution in [2.24, 2.45) is 0 Å². The number of benzene rings is 2. The lowest BCUT2D eigenvalue weighted by Gasteiger charge is -2.37. The van der Waals surface area contributed by atoms with Gasteiger partial charge in [-0.05, 0) is 48.2 Å². The first-order chi connectivity index (χ1) is 15.1. The molecule has 2 aromatic rings. The van der Waals surface area contributed by atoms with Crippen molar-refractivity contribution in [1.82, 2.24) is 15.1 Å². The van der Waals surface area contributed by atoms with Gasteiger partial charge >= 0.3 is 6.03 Å². The molecule has 1 spiro atoms. The molecule has 31 heavy (non-hydrogen) atoms. The monoisotopic (exact) mass is 420 g/mol. The standard InChI is InChI=1S/C24H28N4O3/c1-31-21-8-6-20(7-9-21)27-14-12-26(13-15-27)17-28-22(29)24(25-23(28)30)11-10-18-4-2-3-5-19(18)16-24/h2-9H,10-17H2,1H3,(H,25,30). The Kier molecular flexibility index (Phi) is 5.06. The summed E-state index contributed by atoms with van der Waals surface area (Å²) in [4.78, 5) is 32.0. The molecule has 3 aliphatic rings. The number of hydrogen-bond acceptors (Lipinski definition) is 5. The Labute approximate surface area is 182 Å². The number of anilines is 1. The fourth-order valence-corrected chi connectivity index (χ4v) is 4.97. The molecule has 0 aromatic heterocycles. The molecule has 3 amide bonds. The Hall–Kier alpha value is -3.06. The number of nitrogens with zero attached hydrogens (tertiary/aromatic N) is 3. The highest BCUT2D eigenvalue weighted by Crippen LogP contribution is 2.33. The predicted molar refractivity (Wildman–Crippen MR) is 118 cm³/mol. The second-order valence-electron chi connectivity index (χ2n) is 8.64. The minimum absolute atomic E-state index is 0.0791. The van der Waals surface area contributed by atoms with Crippen LogP contribution in [0.4, 0.5) is 10.5 Å². The van der Waals surface area contributed by atoms with Crippen LogP contribution in [0, 0.1) is 0 Å². The van der Waals surface area contributed by atoms with E-state index in [0.717, 1.165) is 49.6 Å². The van der Waals surface area contributed by atoms with Crippen LogP contribution in [-0.2, 0) is 17.6 Å². The summed E-state index contributed by atoms with van der Waals surface area (Å²) in [6.07, 6.45) is 2.06. The highest BCUT2D eigenvalue weighted by molar-refractivity contribution is 6.07. The van der Waals surface area contributed by atoms with E-state index >= 15 is 0 Å². The van der Waals surface area contributed by atoms with Crippen molar-refractivity contribution in [1.29, 1.82) is 0 Å². The molecule has 1 aliphatic carbocycles. The minimum atomic E-state index is -0.781. The van der Waals surface area contributed by atoms with Gasteiger partial charge < -0.3 is 15.0 Å². The zero-order chi connectivity index (χ0) is 21.4. The van der Waals surface area contributed by atoms with E-state index in [1.165, 1.54) is 10.5 Å². The number of piperazine rings is 1. The van der Waals surface area contributed by atoms with Crippen LogP contribution in [0.2, 0.25) is 0 Å². The van der Waals surface area contributed by atoms with Crippen LogP contribution in [0.1, 0.15) is 17.5 Å². The maximum absolute atomic E-state index is 13.3. The summed E-state index contributed by atoms with van der Waals surface area (Å²) in [5.74, 6) is 0.768. The van der Waals surface area contributed by atoms with Crippen molar-refractivity contribution in [3.05, 3.63) is 59.7 Å². The van der Waals surface area contributed by atoms with Gasteiger partial charge in [0.15, 0.2) is 0 Å². The Balaban J connectivity index is 1.21. The SMILES string of the molecule is COc1ccc(N2CCN(CN3C(=O)NC4(CCc5ccccc5C4)C3=O)CC2)cc1. The second kappa shape index (κ2) is 7.89. The van der Waals surface area contributed by atoms with Crippen LogP contribution >= 0.6 is 0 Å². The number of nitrogens with one attached hydrogen (secondary N) is 1. The summed E-state index contributed by atoms with van der Waals surface area (Å²) < 4.78 is 5.23. The molecule has 2 aromatic carbocycles. The summed E-state index contributed by atoms with van der Waals surface area (Å²) in [5.41, 5.74) is 2.83. The molecule has 7 nitrogen and oxygen atoms in total. The molecule has 5 rings (SSSR count). The van der Waals surface area contributed by atoms with Gasteiger partial charge in [-0.15, -0.1) is 0 Å². The number of methoxy groups -OCH3 is 1. The van der Waals surface area contributed by atoms with E-state index in [1.807, 2.05) is 24.3 Å². The highest BCUT2D eigenvalue weighted by atomic mass is 16.5. The highest BCUT2D eigenvalue weighted by Gasteiger charge is 2.52. The Morgan fingerprint density at radius 2 is 1.68 bits per heavy atom. The summed E-state index contributed by atoms with van der Waals surface area (Å²) in [6, 6.07) is 16.0. The van der Waals surface area contributed by atoms with Gasteiger partial charge in [0.05, 0.1) is 13.8 Å². The van der Waals surface area contributed by atoms with Crippen molar-refractivity contribution in [3.63, 3.8) is 0 Å². The molecule has 0 bridgehead atoms. The Bertz CT molecular complexity index is 985. The number of imide groups is 1. The molecule has 2 aliphatic heterocycles. The number of fused-ring (bicyclic) bond motifs is 1. The zero-order valence-electron chi connectivity index (χ0n) is 17.8. The van der Waals surface area contributed by atoms with Crippen molar-refractivity contribution in [2.45, 2.75) is 24.8 Å². The van der Waals surface area contributed by atoms with E-state index in [1.54, 1.807) is 7.11 Å². The molecule has 0 radical (unpaired) electrons. The van der Waals surface area contributed by atoms with Crippen molar-refractivity contribution >= 4 is 17.6 Å². The van der Waals surface area contributed by atoms with Crippen molar-refractivity contribution in [2.75, 3.05) is 44.9 Å². The lowest BCUT2D eigenvalue weighted by atomic mass is 9.78.